The van der Waals surface area contributed by atoms with Crippen LogP contribution in [0, 0.1) is 23.2 Å². The van der Waals surface area contributed by atoms with Crippen LogP contribution >= 0.6 is 0 Å². The third-order valence-corrected chi connectivity index (χ3v) is 4.38. The zero-order chi connectivity index (χ0) is 16.4. The number of hydrogen-bond donors (Lipinski definition) is 0. The van der Waals surface area contributed by atoms with Crippen LogP contribution in [0.2, 0.25) is 0 Å². The van der Waals surface area contributed by atoms with Gasteiger partial charge in [0.1, 0.15) is 5.82 Å². The maximum atomic E-state index is 12.9. The normalized spacial score (nSPS) is 16.0. The molecule has 1 amide bonds. The Hall–Kier alpha value is -2.35. The summed E-state index contributed by atoms with van der Waals surface area (Å²) in [6.45, 7) is 5.58. The monoisotopic (exact) mass is 310 g/mol. The van der Waals surface area contributed by atoms with Crippen molar-refractivity contribution in [3.05, 3.63) is 35.9 Å². The highest BCUT2D eigenvalue weighted by molar-refractivity contribution is 5.99. The van der Waals surface area contributed by atoms with Crippen LogP contribution in [0.15, 0.2) is 24.4 Å². The molecular formula is C18H22N4O. The number of amides is 1. The van der Waals surface area contributed by atoms with Gasteiger partial charge in [-0.15, -0.1) is 0 Å². The summed E-state index contributed by atoms with van der Waals surface area (Å²) in [6, 6.07) is 8.15. The van der Waals surface area contributed by atoms with Crippen LogP contribution in [0.25, 0.3) is 5.52 Å². The highest BCUT2D eigenvalue weighted by Gasteiger charge is 2.27. The molecule has 1 fully saturated rings. The summed E-state index contributed by atoms with van der Waals surface area (Å²) in [5.41, 5.74) is 1.41. The fourth-order valence-electron chi connectivity index (χ4n) is 3.13. The first-order chi connectivity index (χ1) is 11.1. The van der Waals surface area contributed by atoms with Crippen molar-refractivity contribution in [1.29, 1.82) is 5.26 Å². The Bertz CT molecular complexity index is 748. The summed E-state index contributed by atoms with van der Waals surface area (Å²) in [5.74, 6) is 1.48. The van der Waals surface area contributed by atoms with E-state index in [1.54, 1.807) is 0 Å². The third kappa shape index (κ3) is 3.07. The van der Waals surface area contributed by atoms with Crippen molar-refractivity contribution >= 4 is 11.4 Å². The van der Waals surface area contributed by atoms with Crippen molar-refractivity contribution in [2.45, 2.75) is 33.1 Å². The van der Waals surface area contributed by atoms with E-state index in [4.69, 9.17) is 5.26 Å². The van der Waals surface area contributed by atoms with Gasteiger partial charge in [0.15, 0.2) is 5.69 Å². The second kappa shape index (κ2) is 6.41. The van der Waals surface area contributed by atoms with Crippen molar-refractivity contribution < 1.29 is 4.79 Å². The summed E-state index contributed by atoms with van der Waals surface area (Å²) >= 11 is 0. The van der Waals surface area contributed by atoms with Gasteiger partial charge in [-0.3, -0.25) is 4.79 Å². The lowest BCUT2D eigenvalue weighted by Crippen LogP contribution is -2.38. The number of likely N-dealkylation sites (tertiary alicyclic amines) is 1. The van der Waals surface area contributed by atoms with Crippen LogP contribution in [0.5, 0.6) is 0 Å². The number of piperidine rings is 1. The van der Waals surface area contributed by atoms with E-state index in [-0.39, 0.29) is 11.8 Å². The molecule has 1 aliphatic heterocycles. The molecule has 2 aromatic rings. The van der Waals surface area contributed by atoms with Crippen LogP contribution in [0.3, 0.4) is 0 Å². The summed E-state index contributed by atoms with van der Waals surface area (Å²) in [6.07, 6.45) is 4.33. The molecule has 23 heavy (non-hydrogen) atoms. The third-order valence-electron chi connectivity index (χ3n) is 4.38. The van der Waals surface area contributed by atoms with Crippen molar-refractivity contribution in [3.63, 3.8) is 0 Å². The van der Waals surface area contributed by atoms with E-state index >= 15 is 0 Å². The van der Waals surface area contributed by atoms with Gasteiger partial charge < -0.3 is 9.30 Å². The second-order valence-electron chi connectivity index (χ2n) is 6.63. The number of rotatable bonds is 3. The van der Waals surface area contributed by atoms with Crippen LogP contribution in [0.4, 0.5) is 0 Å². The molecule has 0 aromatic carbocycles. The number of pyridine rings is 1. The van der Waals surface area contributed by atoms with E-state index in [2.05, 4.69) is 24.9 Å². The lowest BCUT2D eigenvalue weighted by molar-refractivity contribution is 0.0703. The van der Waals surface area contributed by atoms with E-state index in [0.29, 0.717) is 24.7 Å². The number of imidazole rings is 1. The molecule has 0 unspecified atom stereocenters. The molecule has 0 saturated carbocycles. The molecular weight excluding hydrogens is 288 g/mol. The van der Waals surface area contributed by atoms with E-state index in [9.17, 15) is 4.79 Å². The van der Waals surface area contributed by atoms with Crippen molar-refractivity contribution in [1.82, 2.24) is 14.3 Å². The molecule has 2 aromatic heterocycles. The number of nitriles is 1. The van der Waals surface area contributed by atoms with Gasteiger partial charge in [-0.1, -0.05) is 19.9 Å². The standard InChI is InChI=1S/C18H22N4O/c1-13(2)11-16-20-17(15-5-3-4-8-22(15)16)18(23)21-9-6-14(12-19)7-10-21/h3-5,8,13-14H,6-7,9-11H2,1-2H3. The lowest BCUT2D eigenvalue weighted by atomic mass is 9.98. The molecule has 0 N–H and O–H groups in total. The van der Waals surface area contributed by atoms with Gasteiger partial charge in [0, 0.05) is 31.6 Å². The van der Waals surface area contributed by atoms with Gasteiger partial charge in [-0.05, 0) is 30.9 Å². The molecule has 0 spiro atoms. The Morgan fingerprint density at radius 2 is 2.13 bits per heavy atom. The maximum absolute atomic E-state index is 12.9. The second-order valence-corrected chi connectivity index (χ2v) is 6.63. The predicted octanol–water partition coefficient (Wildman–Crippen LogP) is 2.91. The van der Waals surface area contributed by atoms with Gasteiger partial charge in [0.2, 0.25) is 0 Å². The van der Waals surface area contributed by atoms with Gasteiger partial charge in [-0.25, -0.2) is 4.98 Å². The fraction of sp³-hybridized carbons (Fsp3) is 0.500. The minimum atomic E-state index is -0.0138. The summed E-state index contributed by atoms with van der Waals surface area (Å²) < 4.78 is 2.02. The number of nitrogens with zero attached hydrogens (tertiary/aromatic N) is 4. The Kier molecular flexibility index (Phi) is 4.33. The molecule has 0 radical (unpaired) electrons. The fourth-order valence-corrected chi connectivity index (χ4v) is 3.13. The molecule has 5 nitrogen and oxygen atoms in total. The molecule has 0 bridgehead atoms. The van der Waals surface area contributed by atoms with Crippen LogP contribution in [0.1, 0.15) is 43.0 Å². The topological polar surface area (TPSA) is 61.4 Å². The first kappa shape index (κ1) is 15.5. The van der Waals surface area contributed by atoms with Crippen LogP contribution in [-0.2, 0) is 6.42 Å². The van der Waals surface area contributed by atoms with Crippen molar-refractivity contribution in [3.8, 4) is 6.07 Å². The SMILES string of the molecule is CC(C)Cc1nc(C(=O)N2CCC(C#N)CC2)c2ccccn12. The minimum absolute atomic E-state index is 0.0138. The van der Waals surface area contributed by atoms with Gasteiger partial charge in [0.25, 0.3) is 5.91 Å². The zero-order valence-corrected chi connectivity index (χ0v) is 13.7. The first-order valence-corrected chi connectivity index (χ1v) is 8.25. The largest absolute Gasteiger partial charge is 0.337 e. The number of carbonyl (C=O) groups is 1. The summed E-state index contributed by atoms with van der Waals surface area (Å²) in [5, 5.41) is 8.99. The molecule has 3 heterocycles. The number of carbonyl (C=O) groups excluding carboxylic acids is 1. The highest BCUT2D eigenvalue weighted by atomic mass is 16.2. The van der Waals surface area contributed by atoms with Crippen molar-refractivity contribution in [2.24, 2.45) is 11.8 Å². The maximum Gasteiger partial charge on any atom is 0.274 e. The molecule has 0 aliphatic carbocycles. The first-order valence-electron chi connectivity index (χ1n) is 8.25. The van der Waals surface area contributed by atoms with Crippen LogP contribution in [-0.4, -0.2) is 33.3 Å². The minimum Gasteiger partial charge on any atom is -0.337 e. The highest BCUT2D eigenvalue weighted by Crippen LogP contribution is 2.21. The van der Waals surface area contributed by atoms with E-state index in [1.807, 2.05) is 33.7 Å². The van der Waals surface area contributed by atoms with Crippen LogP contribution < -0.4 is 0 Å². The van der Waals surface area contributed by atoms with Gasteiger partial charge in [-0.2, -0.15) is 5.26 Å². The molecule has 5 heteroatoms. The Morgan fingerprint density at radius 3 is 2.78 bits per heavy atom. The Morgan fingerprint density at radius 1 is 1.39 bits per heavy atom. The Labute approximate surface area is 136 Å². The van der Waals surface area contributed by atoms with E-state index in [0.717, 1.165) is 30.6 Å². The molecule has 3 rings (SSSR count). The van der Waals surface area contributed by atoms with Crippen molar-refractivity contribution in [2.75, 3.05) is 13.1 Å². The van der Waals surface area contributed by atoms with E-state index < -0.39 is 0 Å². The zero-order valence-electron chi connectivity index (χ0n) is 13.7. The molecule has 1 aliphatic rings. The number of fused-ring (bicyclic) bond motifs is 1. The quantitative estimate of drug-likeness (QED) is 0.875. The average Bonchev–Trinajstić information content (AvgIpc) is 2.92. The molecule has 0 atom stereocenters. The smallest absolute Gasteiger partial charge is 0.274 e. The number of hydrogen-bond acceptors (Lipinski definition) is 3. The van der Waals surface area contributed by atoms with Gasteiger partial charge >= 0.3 is 0 Å². The van der Waals surface area contributed by atoms with Gasteiger partial charge in [0.05, 0.1) is 11.6 Å². The summed E-state index contributed by atoms with van der Waals surface area (Å²) in [7, 11) is 0. The Balaban J connectivity index is 1.90. The predicted molar refractivity (Wildman–Crippen MR) is 88.0 cm³/mol. The average molecular weight is 310 g/mol. The van der Waals surface area contributed by atoms with E-state index in [1.165, 1.54) is 0 Å². The number of aromatic nitrogens is 2. The summed E-state index contributed by atoms with van der Waals surface area (Å²) in [4.78, 5) is 19.4. The lowest BCUT2D eigenvalue weighted by Gasteiger charge is -2.28. The molecule has 120 valence electrons. The molecule has 1 saturated heterocycles.